The number of hydrogen-bond acceptors (Lipinski definition) is 3. The first-order valence-corrected chi connectivity index (χ1v) is 10.4. The molecule has 4 nitrogen and oxygen atoms in total. The second-order valence-electron chi connectivity index (χ2n) is 7.50. The van der Waals surface area contributed by atoms with E-state index in [1.165, 1.54) is 6.39 Å². The van der Waals surface area contributed by atoms with Gasteiger partial charge in [-0.25, -0.2) is 0 Å². The number of imidazole rings is 1. The Balaban J connectivity index is 0.00000228. The Kier molecular flexibility index (Phi) is 5.74. The van der Waals surface area contributed by atoms with Gasteiger partial charge in [0.2, 0.25) is 0 Å². The molecule has 0 saturated carbocycles. The molecule has 0 saturated heterocycles. The van der Waals surface area contributed by atoms with E-state index >= 15 is 0 Å². The maximum Gasteiger partial charge on any atom is 0.170 e. The molecular formula is C28H18IrN3O-. The van der Waals surface area contributed by atoms with E-state index in [9.17, 15) is 0 Å². The predicted molar refractivity (Wildman–Crippen MR) is 126 cm³/mol. The second-order valence-corrected chi connectivity index (χ2v) is 7.50. The van der Waals surface area contributed by atoms with Gasteiger partial charge in [0.15, 0.2) is 6.39 Å². The van der Waals surface area contributed by atoms with Crippen LogP contribution in [-0.2, 0) is 20.1 Å². The molecule has 0 aliphatic rings. The molecule has 6 aromatic rings. The van der Waals surface area contributed by atoms with Gasteiger partial charge in [-0.15, -0.1) is 17.7 Å². The Morgan fingerprint density at radius 3 is 2.09 bits per heavy atom. The number of aromatic nitrogens is 3. The summed E-state index contributed by atoms with van der Waals surface area (Å²) in [5, 5.41) is 0. The van der Waals surface area contributed by atoms with Crippen LogP contribution in [0.25, 0.3) is 50.4 Å². The van der Waals surface area contributed by atoms with Crippen LogP contribution in [0.4, 0.5) is 0 Å². The number of hydrogen-bond donors (Lipinski definition) is 0. The molecule has 0 fully saturated rings. The summed E-state index contributed by atoms with van der Waals surface area (Å²) in [5.41, 5.74) is 7.97. The maximum atomic E-state index is 5.52. The summed E-state index contributed by atoms with van der Waals surface area (Å²) in [6, 6.07) is 34.4. The van der Waals surface area contributed by atoms with Gasteiger partial charge < -0.3 is 8.98 Å². The molecule has 0 aliphatic carbocycles. The fourth-order valence-corrected chi connectivity index (χ4v) is 4.12. The second kappa shape index (κ2) is 8.99. The van der Waals surface area contributed by atoms with Crippen LogP contribution < -0.4 is 0 Å². The summed E-state index contributed by atoms with van der Waals surface area (Å²) >= 11 is 0. The SMILES string of the molecule is [Ir].[c-]1cc2ncoc2cc1-c1nccn1-c1c(-c2ccccc2)cccc1-c1ccccc1. The minimum atomic E-state index is 0. The third kappa shape index (κ3) is 3.82. The fraction of sp³-hybridized carbons (Fsp3) is 0. The molecule has 5 heteroatoms. The zero-order valence-electron chi connectivity index (χ0n) is 17.5. The number of oxazole rings is 1. The molecule has 0 amide bonds. The van der Waals surface area contributed by atoms with Gasteiger partial charge in [0.25, 0.3) is 0 Å². The minimum Gasteiger partial charge on any atom is -0.464 e. The third-order valence-electron chi connectivity index (χ3n) is 5.59. The largest absolute Gasteiger partial charge is 0.464 e. The summed E-state index contributed by atoms with van der Waals surface area (Å²) < 4.78 is 7.66. The number of rotatable bonds is 4. The molecule has 0 atom stereocenters. The third-order valence-corrected chi connectivity index (χ3v) is 5.59. The van der Waals surface area contributed by atoms with Crippen molar-refractivity contribution >= 4 is 11.1 Å². The Labute approximate surface area is 204 Å². The van der Waals surface area contributed by atoms with Crippen LogP contribution in [0.3, 0.4) is 0 Å². The average Bonchev–Trinajstić information content (AvgIpc) is 3.54. The van der Waals surface area contributed by atoms with E-state index in [0.717, 1.165) is 44.8 Å². The molecule has 0 spiro atoms. The quantitative estimate of drug-likeness (QED) is 0.208. The van der Waals surface area contributed by atoms with E-state index in [2.05, 4.69) is 82.3 Å². The molecule has 0 unspecified atom stereocenters. The van der Waals surface area contributed by atoms with E-state index in [0.29, 0.717) is 5.58 Å². The van der Waals surface area contributed by atoms with Gasteiger partial charge in [0.1, 0.15) is 0 Å². The van der Waals surface area contributed by atoms with Gasteiger partial charge in [-0.1, -0.05) is 84.9 Å². The molecule has 161 valence electrons. The number of benzene rings is 4. The minimum absolute atomic E-state index is 0. The van der Waals surface area contributed by atoms with Crippen molar-refractivity contribution in [3.8, 4) is 39.3 Å². The molecule has 4 aromatic carbocycles. The van der Waals surface area contributed by atoms with Crippen molar-refractivity contribution < 1.29 is 24.5 Å². The number of fused-ring (bicyclic) bond motifs is 1. The van der Waals surface area contributed by atoms with Crippen LogP contribution in [0, 0.1) is 6.07 Å². The maximum absolute atomic E-state index is 5.52. The molecule has 2 aromatic heterocycles. The number of para-hydroxylation sites is 1. The van der Waals surface area contributed by atoms with E-state index in [4.69, 9.17) is 9.40 Å². The first-order chi connectivity index (χ1) is 15.9. The van der Waals surface area contributed by atoms with E-state index in [-0.39, 0.29) is 20.1 Å². The van der Waals surface area contributed by atoms with Gasteiger partial charge >= 0.3 is 0 Å². The Morgan fingerprint density at radius 1 is 0.758 bits per heavy atom. The van der Waals surface area contributed by atoms with Crippen LogP contribution >= 0.6 is 0 Å². The molecule has 1 radical (unpaired) electrons. The first-order valence-electron chi connectivity index (χ1n) is 10.4. The van der Waals surface area contributed by atoms with Crippen LogP contribution in [-0.4, -0.2) is 14.5 Å². The van der Waals surface area contributed by atoms with Crippen molar-refractivity contribution in [1.29, 1.82) is 0 Å². The normalized spacial score (nSPS) is 10.8. The van der Waals surface area contributed by atoms with E-state index in [1.807, 2.05) is 36.7 Å². The van der Waals surface area contributed by atoms with Crippen LogP contribution in [0.15, 0.2) is 114 Å². The van der Waals surface area contributed by atoms with Crippen molar-refractivity contribution in [1.82, 2.24) is 14.5 Å². The van der Waals surface area contributed by atoms with Crippen LogP contribution in [0.2, 0.25) is 0 Å². The van der Waals surface area contributed by atoms with Crippen molar-refractivity contribution in [2.75, 3.05) is 0 Å². The molecule has 2 heterocycles. The Morgan fingerprint density at radius 2 is 1.42 bits per heavy atom. The van der Waals surface area contributed by atoms with E-state index in [1.54, 1.807) is 0 Å². The summed E-state index contributed by atoms with van der Waals surface area (Å²) in [5.74, 6) is 0.795. The van der Waals surface area contributed by atoms with Gasteiger partial charge in [-0.2, -0.15) is 0 Å². The van der Waals surface area contributed by atoms with Crippen molar-refractivity contribution in [3.63, 3.8) is 0 Å². The standard InChI is InChI=1S/C28H18N3O.Ir/c1-3-8-20(9-4-1)23-12-7-13-24(21-10-5-2-6-11-21)27(23)31-17-16-29-28(31)22-14-15-25-26(18-22)32-19-30-25;/h1-13,15-19H;/q-1;. The zero-order valence-corrected chi connectivity index (χ0v) is 19.9. The fourth-order valence-electron chi connectivity index (χ4n) is 4.12. The molecule has 0 aliphatic heterocycles. The Bertz CT molecular complexity index is 1460. The summed E-state index contributed by atoms with van der Waals surface area (Å²) in [6.07, 6.45) is 5.28. The Hall–Kier alpha value is -3.79. The first kappa shape index (κ1) is 21.1. The van der Waals surface area contributed by atoms with Crippen molar-refractivity contribution in [3.05, 3.63) is 116 Å². The van der Waals surface area contributed by atoms with Gasteiger partial charge in [0.05, 0.1) is 17.1 Å². The molecule has 6 rings (SSSR count). The monoisotopic (exact) mass is 605 g/mol. The summed E-state index contributed by atoms with van der Waals surface area (Å²) in [7, 11) is 0. The molecule has 33 heavy (non-hydrogen) atoms. The number of nitrogens with zero attached hydrogens (tertiary/aromatic N) is 3. The van der Waals surface area contributed by atoms with Crippen molar-refractivity contribution in [2.24, 2.45) is 0 Å². The van der Waals surface area contributed by atoms with Crippen LogP contribution in [0.5, 0.6) is 0 Å². The predicted octanol–water partition coefficient (Wildman–Crippen LogP) is 6.81. The zero-order chi connectivity index (χ0) is 21.3. The van der Waals surface area contributed by atoms with Gasteiger partial charge in [-0.3, -0.25) is 9.97 Å². The van der Waals surface area contributed by atoms with Crippen molar-refractivity contribution in [2.45, 2.75) is 0 Å². The molecule has 0 bridgehead atoms. The van der Waals surface area contributed by atoms with Crippen LogP contribution in [0.1, 0.15) is 0 Å². The summed E-state index contributed by atoms with van der Waals surface area (Å²) in [6.45, 7) is 0. The molecule has 0 N–H and O–H groups in total. The summed E-state index contributed by atoms with van der Waals surface area (Å²) in [4.78, 5) is 8.90. The van der Waals surface area contributed by atoms with Gasteiger partial charge in [0, 0.05) is 49.1 Å². The topological polar surface area (TPSA) is 43.9 Å². The molecular weight excluding hydrogens is 587 g/mol. The van der Waals surface area contributed by atoms with Gasteiger partial charge in [-0.05, 0) is 11.1 Å². The smallest absolute Gasteiger partial charge is 0.170 e. The van der Waals surface area contributed by atoms with E-state index < -0.39 is 0 Å². The average molecular weight is 605 g/mol.